The highest BCUT2D eigenvalue weighted by Crippen LogP contribution is 2.18. The molecule has 0 spiro atoms. The fourth-order valence-corrected chi connectivity index (χ4v) is 0.974. The zero-order valence-corrected chi connectivity index (χ0v) is 9.58. The van der Waals surface area contributed by atoms with Crippen LogP contribution in [0, 0.1) is 5.41 Å². The molecule has 0 heterocycles. The van der Waals surface area contributed by atoms with Crippen molar-refractivity contribution >= 4 is 5.91 Å². The predicted molar refractivity (Wildman–Crippen MR) is 56.8 cm³/mol. The van der Waals surface area contributed by atoms with Gasteiger partial charge in [0.1, 0.15) is 6.04 Å². The van der Waals surface area contributed by atoms with Gasteiger partial charge in [0.05, 0.1) is 6.61 Å². The van der Waals surface area contributed by atoms with E-state index in [0.29, 0.717) is 6.54 Å². The molecule has 0 bridgehead atoms. The van der Waals surface area contributed by atoms with Gasteiger partial charge in [-0.05, 0) is 11.8 Å². The van der Waals surface area contributed by atoms with Crippen molar-refractivity contribution in [1.82, 2.24) is 4.90 Å². The standard InChI is InChI=1S/C10H22N2O2/c1-10(2,3)5-6-12(4)9(14)8(11)7-13/h8,13H,5-7,11H2,1-4H3. The topological polar surface area (TPSA) is 66.6 Å². The number of hydrogen-bond acceptors (Lipinski definition) is 3. The van der Waals surface area contributed by atoms with Crippen LogP contribution in [0.25, 0.3) is 0 Å². The second kappa shape index (κ2) is 5.32. The number of carbonyl (C=O) groups is 1. The number of nitrogens with zero attached hydrogens (tertiary/aromatic N) is 1. The van der Waals surface area contributed by atoms with Crippen LogP contribution in [0.5, 0.6) is 0 Å². The van der Waals surface area contributed by atoms with Crippen LogP contribution in [-0.2, 0) is 4.79 Å². The summed E-state index contributed by atoms with van der Waals surface area (Å²) in [6.07, 6.45) is 0.924. The van der Waals surface area contributed by atoms with Crippen LogP contribution < -0.4 is 5.73 Å². The van der Waals surface area contributed by atoms with Crippen LogP contribution in [0.4, 0.5) is 0 Å². The molecule has 0 aliphatic heterocycles. The third-order valence-corrected chi connectivity index (χ3v) is 2.09. The fraction of sp³-hybridized carbons (Fsp3) is 0.900. The van der Waals surface area contributed by atoms with Crippen molar-refractivity contribution in [2.24, 2.45) is 11.1 Å². The van der Waals surface area contributed by atoms with Gasteiger partial charge in [-0.25, -0.2) is 0 Å². The van der Waals surface area contributed by atoms with E-state index in [1.54, 1.807) is 11.9 Å². The molecule has 1 atom stereocenters. The van der Waals surface area contributed by atoms with Crippen LogP contribution in [0.2, 0.25) is 0 Å². The predicted octanol–water partition coefficient (Wildman–Crippen LogP) is 0.201. The molecule has 1 unspecified atom stereocenters. The summed E-state index contributed by atoms with van der Waals surface area (Å²) in [6, 6.07) is -0.778. The van der Waals surface area contributed by atoms with Crippen LogP contribution in [0.1, 0.15) is 27.2 Å². The van der Waals surface area contributed by atoms with Gasteiger partial charge in [0.2, 0.25) is 5.91 Å². The Morgan fingerprint density at radius 2 is 2.00 bits per heavy atom. The first-order chi connectivity index (χ1) is 6.28. The number of amides is 1. The quantitative estimate of drug-likeness (QED) is 0.684. The molecule has 0 aromatic rings. The van der Waals surface area contributed by atoms with Crippen LogP contribution in [-0.4, -0.2) is 42.2 Å². The maximum absolute atomic E-state index is 11.4. The van der Waals surface area contributed by atoms with Crippen LogP contribution >= 0.6 is 0 Å². The van der Waals surface area contributed by atoms with Gasteiger partial charge in [0.25, 0.3) is 0 Å². The van der Waals surface area contributed by atoms with Crippen LogP contribution in [0.3, 0.4) is 0 Å². The van der Waals surface area contributed by atoms with E-state index in [1.807, 2.05) is 0 Å². The number of nitrogens with two attached hydrogens (primary N) is 1. The smallest absolute Gasteiger partial charge is 0.241 e. The van der Waals surface area contributed by atoms with Gasteiger partial charge in [-0.15, -0.1) is 0 Å². The van der Waals surface area contributed by atoms with Crippen molar-refractivity contribution in [3.8, 4) is 0 Å². The van der Waals surface area contributed by atoms with Crippen molar-refractivity contribution < 1.29 is 9.90 Å². The Balaban J connectivity index is 3.97. The van der Waals surface area contributed by atoms with E-state index < -0.39 is 6.04 Å². The summed E-state index contributed by atoms with van der Waals surface area (Å²) in [4.78, 5) is 13.0. The van der Waals surface area contributed by atoms with Gasteiger partial charge in [0, 0.05) is 13.6 Å². The molecule has 1 amide bonds. The molecule has 0 saturated heterocycles. The minimum absolute atomic E-state index is 0.197. The van der Waals surface area contributed by atoms with E-state index >= 15 is 0 Å². The van der Waals surface area contributed by atoms with Gasteiger partial charge < -0.3 is 15.7 Å². The number of aliphatic hydroxyl groups excluding tert-OH is 1. The highest BCUT2D eigenvalue weighted by molar-refractivity contribution is 5.81. The lowest BCUT2D eigenvalue weighted by Crippen LogP contribution is -2.44. The average Bonchev–Trinajstić information content (AvgIpc) is 2.10. The van der Waals surface area contributed by atoms with Crippen molar-refractivity contribution in [2.45, 2.75) is 33.2 Å². The first kappa shape index (κ1) is 13.4. The lowest BCUT2D eigenvalue weighted by molar-refractivity contribution is -0.132. The van der Waals surface area contributed by atoms with Gasteiger partial charge in [-0.1, -0.05) is 20.8 Å². The Kier molecular flexibility index (Phi) is 5.08. The summed E-state index contributed by atoms with van der Waals surface area (Å²) in [7, 11) is 1.71. The number of aliphatic hydroxyl groups is 1. The van der Waals surface area contributed by atoms with Crippen molar-refractivity contribution in [3.63, 3.8) is 0 Å². The molecule has 0 aliphatic carbocycles. The molecule has 0 aromatic heterocycles. The van der Waals surface area contributed by atoms with E-state index in [4.69, 9.17) is 10.8 Å². The normalized spacial score (nSPS) is 13.9. The SMILES string of the molecule is CN(CCC(C)(C)C)C(=O)C(N)CO. The second-order valence-electron chi connectivity index (χ2n) is 4.86. The highest BCUT2D eigenvalue weighted by atomic mass is 16.3. The number of carbonyl (C=O) groups excluding carboxylic acids is 1. The molecule has 14 heavy (non-hydrogen) atoms. The van der Waals surface area contributed by atoms with Crippen molar-refractivity contribution in [1.29, 1.82) is 0 Å². The Hall–Kier alpha value is -0.610. The van der Waals surface area contributed by atoms with Gasteiger partial charge in [0.15, 0.2) is 0 Å². The van der Waals surface area contributed by atoms with E-state index in [2.05, 4.69) is 20.8 Å². The number of hydrogen-bond donors (Lipinski definition) is 2. The first-order valence-corrected chi connectivity index (χ1v) is 4.89. The summed E-state index contributed by atoms with van der Waals surface area (Å²) < 4.78 is 0. The Morgan fingerprint density at radius 3 is 2.36 bits per heavy atom. The molecule has 3 N–H and O–H groups in total. The van der Waals surface area contributed by atoms with E-state index in [1.165, 1.54) is 0 Å². The molecule has 0 aromatic carbocycles. The van der Waals surface area contributed by atoms with Crippen LogP contribution in [0.15, 0.2) is 0 Å². The first-order valence-electron chi connectivity index (χ1n) is 4.89. The van der Waals surface area contributed by atoms with Gasteiger partial charge in [-0.2, -0.15) is 0 Å². The van der Waals surface area contributed by atoms with Crippen molar-refractivity contribution in [3.05, 3.63) is 0 Å². The number of rotatable bonds is 4. The molecule has 0 aliphatic rings. The maximum Gasteiger partial charge on any atom is 0.241 e. The summed E-state index contributed by atoms with van der Waals surface area (Å²) in [5, 5.41) is 8.71. The summed E-state index contributed by atoms with van der Waals surface area (Å²) in [5.74, 6) is -0.197. The van der Waals surface area contributed by atoms with Gasteiger partial charge >= 0.3 is 0 Å². The molecule has 0 radical (unpaired) electrons. The second-order valence-corrected chi connectivity index (χ2v) is 4.86. The third kappa shape index (κ3) is 5.19. The van der Waals surface area contributed by atoms with E-state index in [0.717, 1.165) is 6.42 Å². The zero-order valence-electron chi connectivity index (χ0n) is 9.58. The minimum atomic E-state index is -0.778. The monoisotopic (exact) mass is 202 g/mol. The Labute approximate surface area is 86.1 Å². The summed E-state index contributed by atoms with van der Waals surface area (Å²) in [5.41, 5.74) is 5.62. The lowest BCUT2D eigenvalue weighted by Gasteiger charge is -2.25. The molecule has 0 fully saturated rings. The summed E-state index contributed by atoms with van der Waals surface area (Å²) in [6.45, 7) is 6.75. The van der Waals surface area contributed by atoms with Gasteiger partial charge in [-0.3, -0.25) is 4.79 Å². The average molecular weight is 202 g/mol. The molecule has 84 valence electrons. The summed E-state index contributed by atoms with van der Waals surface area (Å²) >= 11 is 0. The molecular formula is C10H22N2O2. The maximum atomic E-state index is 11.4. The minimum Gasteiger partial charge on any atom is -0.394 e. The zero-order chi connectivity index (χ0) is 11.4. The highest BCUT2D eigenvalue weighted by Gasteiger charge is 2.18. The molecule has 4 nitrogen and oxygen atoms in total. The number of likely N-dealkylation sites (N-methyl/N-ethyl adjacent to an activating group) is 1. The molecule has 4 heteroatoms. The largest absolute Gasteiger partial charge is 0.394 e. The third-order valence-electron chi connectivity index (χ3n) is 2.09. The Bertz CT molecular complexity index is 187. The van der Waals surface area contributed by atoms with E-state index in [9.17, 15) is 4.79 Å². The molecule has 0 rings (SSSR count). The van der Waals surface area contributed by atoms with E-state index in [-0.39, 0.29) is 17.9 Å². The molecular weight excluding hydrogens is 180 g/mol. The lowest BCUT2D eigenvalue weighted by atomic mass is 9.92. The molecule has 0 saturated carbocycles. The Morgan fingerprint density at radius 1 is 1.50 bits per heavy atom. The fourth-order valence-electron chi connectivity index (χ4n) is 0.974. The van der Waals surface area contributed by atoms with Crippen molar-refractivity contribution in [2.75, 3.05) is 20.2 Å².